The van der Waals surface area contributed by atoms with Gasteiger partial charge in [0.25, 0.3) is 0 Å². The maximum Gasteiger partial charge on any atom is 0.569 e. The van der Waals surface area contributed by atoms with Crippen molar-refractivity contribution in [1.82, 2.24) is 87.6 Å². The van der Waals surface area contributed by atoms with Gasteiger partial charge in [-0.3, -0.25) is 4.79 Å². The summed E-state index contributed by atoms with van der Waals surface area (Å²) in [6.45, 7) is 53.0. The van der Waals surface area contributed by atoms with E-state index in [1.165, 1.54) is 44.0 Å². The normalized spacial score (nSPS) is 17.2. The topological polar surface area (TPSA) is 315 Å². The second-order valence-corrected chi connectivity index (χ2v) is 39.7. The first kappa shape index (κ1) is 103. The van der Waals surface area contributed by atoms with Crippen LogP contribution in [0.5, 0.6) is 5.75 Å². The zero-order valence-electron chi connectivity index (χ0n) is 81.1. The number of halogens is 7. The number of ether oxygens (including phenoxy) is 2. The van der Waals surface area contributed by atoms with Crippen molar-refractivity contribution in [3.8, 4) is 45.7 Å². The zero-order valence-corrected chi connectivity index (χ0v) is 84.1. The molecule has 12 heterocycles. The summed E-state index contributed by atoms with van der Waals surface area (Å²) in [6.07, 6.45) is 5.86. The quantitative estimate of drug-likeness (QED) is 0.0503. The van der Waals surface area contributed by atoms with Crippen molar-refractivity contribution >= 4 is 123 Å². The van der Waals surface area contributed by atoms with Crippen molar-refractivity contribution in [2.45, 2.75) is 250 Å². The first-order valence-electron chi connectivity index (χ1n) is 45.4. The van der Waals surface area contributed by atoms with Gasteiger partial charge in [-0.05, 0) is 203 Å². The Bertz CT molecular complexity index is 6590. The minimum Gasteiger partial charge on any atom is -0.535 e. The van der Waals surface area contributed by atoms with E-state index in [1.54, 1.807) is 114 Å². The van der Waals surface area contributed by atoms with Crippen LogP contribution < -0.4 is 36.4 Å². The molecule has 136 heavy (non-hydrogen) atoms. The number of rotatable bonds is 17. The molecule has 3 fully saturated rings. The molecule has 3 aliphatic heterocycles. The summed E-state index contributed by atoms with van der Waals surface area (Å²) in [6, 6.07) is 22.1. The van der Waals surface area contributed by atoms with Crippen LogP contribution in [0.3, 0.4) is 0 Å². The summed E-state index contributed by atoms with van der Waals surface area (Å²) in [5, 5.41) is 24.3. The highest BCUT2D eigenvalue weighted by atomic mass is 35.5. The summed E-state index contributed by atoms with van der Waals surface area (Å²) in [5.74, 6) is 1.57. The molecule has 3 aliphatic rings. The van der Waals surface area contributed by atoms with E-state index in [-0.39, 0.29) is 138 Å². The van der Waals surface area contributed by atoms with Gasteiger partial charge in [0.05, 0.1) is 61.2 Å². The van der Waals surface area contributed by atoms with Crippen molar-refractivity contribution in [1.29, 1.82) is 0 Å². The maximum atomic E-state index is 15.1. The average Bonchev–Trinajstić information content (AvgIpc) is 1.29. The number of carbonyl (C=O) groups excluding carboxylic acids is 3. The smallest absolute Gasteiger partial charge is 0.535 e. The Morgan fingerprint density at radius 3 is 1.06 bits per heavy atom. The van der Waals surface area contributed by atoms with E-state index in [1.807, 2.05) is 181 Å². The van der Waals surface area contributed by atoms with Gasteiger partial charge in [-0.2, -0.15) is 30.2 Å². The molecule has 0 unspecified atom stereocenters. The molecule has 0 bridgehead atoms. The van der Waals surface area contributed by atoms with Gasteiger partial charge in [0.2, 0.25) is 5.91 Å². The lowest BCUT2D eigenvalue weighted by atomic mass is 10.1. The molecule has 9 aromatic heterocycles. The highest BCUT2D eigenvalue weighted by Crippen LogP contribution is 2.42. The van der Waals surface area contributed by atoms with Crippen LogP contribution in [0.4, 0.5) is 40.2 Å². The Hall–Kier alpha value is -11.9. The average molecular weight is 1950 g/mol. The molecule has 0 saturated carbocycles. The molecule has 1 N–H and O–H groups in total. The van der Waals surface area contributed by atoms with Gasteiger partial charge in [0.1, 0.15) is 68.6 Å². The van der Waals surface area contributed by atoms with Gasteiger partial charge in [0.15, 0.2) is 22.8 Å². The Labute approximate surface area is 809 Å². The largest absolute Gasteiger partial charge is 0.569 e. The molecule has 3 saturated heterocycles. The molecule has 12 aromatic rings. The SMILES string of the molecule is C=CC(=O)N1C[C@H](C)N(c2nc(=O)n(-c3c(C(C)C)cnn3C(C)C)c3nc(-c4ccccc4F)c(Cl)cc23)C[C@H]1C.CC(C)c1cnn(C(C)C)c1-n1c(=O)nc(N2C[C@@H](C)N(C(=O)OC(C)(C)C)C[C@@H]2C)c2cc(Cl)c(-c3ccccc3F)nc21.CC(C)c1cnn(C(C)C)c1-n1c(=O)nc(N2C[C@@H](C)N(C(=O)OC(C)(C)C)C[C@@H]2C)c2cc(Cl)c(Cl)nc21.O[B]Oc1ccccc1F. The lowest BCUT2D eigenvalue weighted by molar-refractivity contribution is -0.128. The van der Waals surface area contributed by atoms with Crippen molar-refractivity contribution < 1.29 is 46.7 Å². The number of nitrogens with zero attached hydrogens (tertiary/aromatic N) is 21. The Kier molecular flexibility index (Phi) is 31.8. The second kappa shape index (κ2) is 42.0. The number of fused-ring (bicyclic) bond motifs is 3. The lowest BCUT2D eigenvalue weighted by Crippen LogP contribution is -2.59. The van der Waals surface area contributed by atoms with E-state index in [9.17, 15) is 33.2 Å². The van der Waals surface area contributed by atoms with E-state index >= 15 is 8.78 Å². The number of hydrogen-bond donors (Lipinski definition) is 1. The van der Waals surface area contributed by atoms with Crippen LogP contribution in [-0.2, 0) is 14.3 Å². The van der Waals surface area contributed by atoms with Crippen LogP contribution in [0, 0.1) is 17.5 Å². The number of hydrogen-bond acceptors (Lipinski definition) is 22. The summed E-state index contributed by atoms with van der Waals surface area (Å²) in [4.78, 5) is 120. The lowest BCUT2D eigenvalue weighted by Gasteiger charge is -2.44. The minimum atomic E-state index is -0.630. The van der Waals surface area contributed by atoms with Gasteiger partial charge < -0.3 is 48.6 Å². The number of piperazine rings is 3. The van der Waals surface area contributed by atoms with Crippen LogP contribution in [-0.4, -0.2) is 205 Å². The predicted octanol–water partition coefficient (Wildman–Crippen LogP) is 19.3. The first-order chi connectivity index (χ1) is 64.0. The Morgan fingerprint density at radius 1 is 0.441 bits per heavy atom. The number of anilines is 3. The second-order valence-electron chi connectivity index (χ2n) is 38.1. The zero-order chi connectivity index (χ0) is 99.8. The summed E-state index contributed by atoms with van der Waals surface area (Å²) in [5.41, 5.74) is 1.57. The summed E-state index contributed by atoms with van der Waals surface area (Å²) < 4.78 is 68.0. The fraction of sp³-hybridized carbons (Fsp3) is 0.454. The van der Waals surface area contributed by atoms with E-state index in [0.717, 1.165) is 16.7 Å². The Morgan fingerprint density at radius 2 is 0.750 bits per heavy atom. The van der Waals surface area contributed by atoms with Gasteiger partial charge in [-0.25, -0.2) is 79.8 Å². The predicted molar refractivity (Wildman–Crippen MR) is 529 cm³/mol. The fourth-order valence-electron chi connectivity index (χ4n) is 16.8. The van der Waals surface area contributed by atoms with Crippen molar-refractivity contribution in [2.75, 3.05) is 54.0 Å². The first-order valence-corrected chi connectivity index (χ1v) is 46.9. The van der Waals surface area contributed by atoms with E-state index in [0.29, 0.717) is 109 Å². The van der Waals surface area contributed by atoms with E-state index in [2.05, 4.69) is 46.5 Å². The fourth-order valence-corrected chi connectivity index (χ4v) is 17.6. The number of aromatic nitrogens is 15. The number of amides is 3. The Balaban J connectivity index is 0.000000174. The molecular formula is C97H118BCl4F3N21O10. The maximum absolute atomic E-state index is 15.1. The van der Waals surface area contributed by atoms with Crippen LogP contribution in [0.1, 0.15) is 219 Å². The molecule has 3 aromatic carbocycles. The minimum absolute atomic E-state index is 0.0151. The monoisotopic (exact) mass is 1940 g/mol. The molecule has 1 radical (unpaired) electrons. The molecule has 15 rings (SSSR count). The number of benzene rings is 3. The van der Waals surface area contributed by atoms with Gasteiger partial charge in [-0.1, -0.05) is 131 Å². The van der Waals surface area contributed by atoms with Crippen LogP contribution in [0.25, 0.3) is 73.1 Å². The number of para-hydroxylation sites is 1. The third-order valence-electron chi connectivity index (χ3n) is 23.5. The van der Waals surface area contributed by atoms with Crippen molar-refractivity contribution in [3.63, 3.8) is 0 Å². The molecule has 3 amide bonds. The third kappa shape index (κ3) is 21.7. The molecule has 39 heteroatoms. The third-order valence-corrected chi connectivity index (χ3v) is 24.7. The van der Waals surface area contributed by atoms with Gasteiger partial charge >= 0.3 is 36.9 Å². The van der Waals surface area contributed by atoms with E-state index < -0.39 is 51.8 Å². The highest BCUT2D eigenvalue weighted by molar-refractivity contribution is 6.42. The van der Waals surface area contributed by atoms with Crippen LogP contribution in [0.2, 0.25) is 20.2 Å². The molecule has 0 aliphatic carbocycles. The van der Waals surface area contributed by atoms with Crippen molar-refractivity contribution in [3.05, 3.63) is 208 Å². The highest BCUT2D eigenvalue weighted by Gasteiger charge is 2.41. The summed E-state index contributed by atoms with van der Waals surface area (Å²) >= 11 is 26.5. The van der Waals surface area contributed by atoms with Gasteiger partial charge in [-0.15, -0.1) is 0 Å². The molecule has 6 atom stereocenters. The van der Waals surface area contributed by atoms with Crippen LogP contribution in [0.15, 0.2) is 137 Å². The van der Waals surface area contributed by atoms with Crippen molar-refractivity contribution in [2.24, 2.45) is 0 Å². The van der Waals surface area contributed by atoms with Gasteiger partial charge in [0, 0.05) is 121 Å². The summed E-state index contributed by atoms with van der Waals surface area (Å²) in [7, 11) is 0.443. The molecule has 0 spiro atoms. The van der Waals surface area contributed by atoms with Crippen LogP contribution >= 0.6 is 46.4 Å². The van der Waals surface area contributed by atoms with E-state index in [4.69, 9.17) is 70.9 Å². The molecular weight excluding hydrogens is 1830 g/mol. The number of pyridine rings is 3. The molecule has 723 valence electrons. The molecule has 31 nitrogen and oxygen atoms in total. The number of carbonyl (C=O) groups is 3. The standard InChI is InChI=1S/C33H41ClFN7O3.C31H35ClFN7O2.C27H37Cl2N7O3.C6H5BFO2/c1-18(2)24-15-36-42(19(3)4)30(24)41-29-23(14-25(34)27(37-29)22-12-10-11-13-26(22)35)28(38-31(41)43)39-16-21(6)40(17-20(39)5)32(44)45-33(7,8)9;1-8-26(41)37-15-20(7)38(16-19(37)6)28-22-13-24(32)27(21-11-9-10-12-25(21)33)35-29(22)39(31(42)36-28)30-23(17(2)3)14-34-40(30)18(4)5;1-14(2)19-11-30-36(15(3)4)24(19)35-23-18(10-20(28)21(29)31-23)22(32-25(35)37)33-12-17(6)34(13-16(33)5)26(38)39-27(7,8)9;8-5-3-1-2-4-6(5)10-7-9/h10-15,18-21H,16-17H2,1-9H3;8-14,17-20H,1,15-16H2,2-7H3;10-11,14-17H,12-13H2,1-9H3;1-4,9H/t20-,21+;19-,20+;16-,17+;/m010./s1.